The molecule has 0 radical (unpaired) electrons. The van der Waals surface area contributed by atoms with E-state index in [9.17, 15) is 4.79 Å². The molecule has 0 unspecified atom stereocenters. The van der Waals surface area contributed by atoms with Crippen LogP contribution in [0.25, 0.3) is 0 Å². The third-order valence-electron chi connectivity index (χ3n) is 4.39. The summed E-state index contributed by atoms with van der Waals surface area (Å²) in [6.07, 6.45) is 0. The molecule has 1 saturated heterocycles. The molecule has 1 aliphatic heterocycles. The molecule has 23 heavy (non-hydrogen) atoms. The lowest BCUT2D eigenvalue weighted by Gasteiger charge is -2.29. The molecule has 0 amide bonds. The van der Waals surface area contributed by atoms with Crippen LogP contribution >= 0.6 is 0 Å². The van der Waals surface area contributed by atoms with Gasteiger partial charge in [0.25, 0.3) is 0 Å². The highest BCUT2D eigenvalue weighted by atomic mass is 16.5. The molecule has 3 rings (SSSR count). The molecule has 0 saturated carbocycles. The van der Waals surface area contributed by atoms with Crippen LogP contribution < -0.4 is 0 Å². The molecule has 0 bridgehead atoms. The first-order valence-corrected chi connectivity index (χ1v) is 8.24. The van der Waals surface area contributed by atoms with Crippen LogP contribution in [0.4, 0.5) is 0 Å². The maximum absolute atomic E-state index is 12.6. The number of hydrogen-bond donors (Lipinski definition) is 0. The summed E-state index contributed by atoms with van der Waals surface area (Å²) in [5, 5.41) is 0. The Bertz CT molecular complexity index is 648. The zero-order valence-electron chi connectivity index (χ0n) is 13.6. The first-order chi connectivity index (χ1) is 11.2. The minimum Gasteiger partial charge on any atom is -0.379 e. The topological polar surface area (TPSA) is 29.5 Å². The van der Waals surface area contributed by atoms with Crippen molar-refractivity contribution >= 4 is 5.78 Å². The highest BCUT2D eigenvalue weighted by molar-refractivity contribution is 6.09. The van der Waals surface area contributed by atoms with Crippen molar-refractivity contribution in [3.8, 4) is 0 Å². The monoisotopic (exact) mass is 309 g/mol. The fourth-order valence-corrected chi connectivity index (χ4v) is 3.02. The molecular formula is C20H23NO2. The van der Waals surface area contributed by atoms with Crippen molar-refractivity contribution in [3.05, 3.63) is 71.3 Å². The van der Waals surface area contributed by atoms with Crippen molar-refractivity contribution in [1.29, 1.82) is 0 Å². The Hall–Kier alpha value is -1.97. The molecule has 1 atom stereocenters. The highest BCUT2D eigenvalue weighted by Crippen LogP contribution is 2.20. The van der Waals surface area contributed by atoms with E-state index in [0.29, 0.717) is 5.92 Å². The number of rotatable bonds is 5. The Morgan fingerprint density at radius 3 is 2.48 bits per heavy atom. The van der Waals surface area contributed by atoms with Crippen molar-refractivity contribution in [1.82, 2.24) is 4.90 Å². The summed E-state index contributed by atoms with van der Waals surface area (Å²) in [4.78, 5) is 15.0. The van der Waals surface area contributed by atoms with Gasteiger partial charge in [0, 0.05) is 30.8 Å². The summed E-state index contributed by atoms with van der Waals surface area (Å²) in [6, 6.07) is 17.5. The zero-order valence-corrected chi connectivity index (χ0v) is 13.6. The van der Waals surface area contributed by atoms with E-state index in [-0.39, 0.29) is 5.78 Å². The molecule has 0 spiro atoms. The molecule has 1 fully saturated rings. The summed E-state index contributed by atoms with van der Waals surface area (Å²) in [6.45, 7) is 6.85. The predicted molar refractivity (Wildman–Crippen MR) is 92.0 cm³/mol. The largest absolute Gasteiger partial charge is 0.379 e. The second kappa shape index (κ2) is 7.53. The van der Waals surface area contributed by atoms with Crippen molar-refractivity contribution < 1.29 is 9.53 Å². The molecule has 1 heterocycles. The van der Waals surface area contributed by atoms with Gasteiger partial charge in [0.05, 0.1) is 13.2 Å². The highest BCUT2D eigenvalue weighted by Gasteiger charge is 2.16. The molecule has 120 valence electrons. The van der Waals surface area contributed by atoms with Gasteiger partial charge in [-0.25, -0.2) is 0 Å². The molecule has 0 aromatic heterocycles. The summed E-state index contributed by atoms with van der Waals surface area (Å²) >= 11 is 0. The number of ketones is 1. The van der Waals surface area contributed by atoms with E-state index in [4.69, 9.17) is 4.74 Å². The number of carbonyl (C=O) groups excluding carboxylic acids is 1. The normalized spacial score (nSPS) is 16.9. The van der Waals surface area contributed by atoms with E-state index < -0.39 is 0 Å². The van der Waals surface area contributed by atoms with Gasteiger partial charge in [0.15, 0.2) is 5.78 Å². The molecule has 2 aromatic carbocycles. The van der Waals surface area contributed by atoms with Crippen molar-refractivity contribution in [2.45, 2.75) is 12.8 Å². The van der Waals surface area contributed by atoms with E-state index in [1.165, 1.54) is 5.56 Å². The fraction of sp³-hybridized carbons (Fsp3) is 0.350. The smallest absolute Gasteiger partial charge is 0.193 e. The predicted octanol–water partition coefficient (Wildman–Crippen LogP) is 3.35. The Labute approximate surface area is 137 Å². The summed E-state index contributed by atoms with van der Waals surface area (Å²) in [7, 11) is 0. The van der Waals surface area contributed by atoms with Crippen molar-refractivity contribution in [2.75, 3.05) is 32.8 Å². The van der Waals surface area contributed by atoms with Crippen LogP contribution in [0, 0.1) is 0 Å². The molecule has 3 heteroatoms. The van der Waals surface area contributed by atoms with Crippen LogP contribution in [0.5, 0.6) is 0 Å². The second-order valence-corrected chi connectivity index (χ2v) is 6.13. The average Bonchev–Trinajstić information content (AvgIpc) is 2.63. The third kappa shape index (κ3) is 4.06. The maximum atomic E-state index is 12.6. The number of hydrogen-bond acceptors (Lipinski definition) is 3. The quantitative estimate of drug-likeness (QED) is 0.793. The Morgan fingerprint density at radius 1 is 1.04 bits per heavy atom. The summed E-state index contributed by atoms with van der Waals surface area (Å²) in [5.41, 5.74) is 2.73. The molecule has 0 aliphatic carbocycles. The molecule has 0 N–H and O–H groups in total. The molecule has 1 aliphatic rings. The van der Waals surface area contributed by atoms with Crippen LogP contribution in [-0.2, 0) is 4.74 Å². The Kier molecular flexibility index (Phi) is 5.21. The van der Waals surface area contributed by atoms with E-state index >= 15 is 0 Å². The van der Waals surface area contributed by atoms with Crippen LogP contribution in [0.15, 0.2) is 54.6 Å². The second-order valence-electron chi connectivity index (χ2n) is 6.13. The van der Waals surface area contributed by atoms with Crippen molar-refractivity contribution in [2.24, 2.45) is 0 Å². The molecule has 3 nitrogen and oxygen atoms in total. The first kappa shape index (κ1) is 15.9. The molecule has 2 aromatic rings. The number of morpholine rings is 1. The van der Waals surface area contributed by atoms with Crippen LogP contribution in [0.1, 0.15) is 34.3 Å². The number of carbonyl (C=O) groups is 1. The van der Waals surface area contributed by atoms with Gasteiger partial charge in [-0.15, -0.1) is 0 Å². The zero-order chi connectivity index (χ0) is 16.1. The van der Waals surface area contributed by atoms with Gasteiger partial charge in [-0.1, -0.05) is 55.5 Å². The Balaban J connectivity index is 1.72. The van der Waals surface area contributed by atoms with Crippen LogP contribution in [0.2, 0.25) is 0 Å². The lowest BCUT2D eigenvalue weighted by molar-refractivity contribution is 0.0357. The van der Waals surface area contributed by atoms with Gasteiger partial charge in [-0.2, -0.15) is 0 Å². The Morgan fingerprint density at radius 2 is 1.74 bits per heavy atom. The third-order valence-corrected chi connectivity index (χ3v) is 4.39. The van der Waals surface area contributed by atoms with Gasteiger partial charge >= 0.3 is 0 Å². The number of nitrogens with zero attached hydrogens (tertiary/aromatic N) is 1. The lowest BCUT2D eigenvalue weighted by Crippen LogP contribution is -2.38. The average molecular weight is 309 g/mol. The van der Waals surface area contributed by atoms with Crippen LogP contribution in [-0.4, -0.2) is 43.5 Å². The van der Waals surface area contributed by atoms with E-state index in [2.05, 4.69) is 17.9 Å². The maximum Gasteiger partial charge on any atom is 0.193 e. The first-order valence-electron chi connectivity index (χ1n) is 8.24. The SMILES string of the molecule is C[C@H](CN1CCOCC1)c1cccc(C(=O)c2ccccc2)c1. The van der Waals surface area contributed by atoms with E-state index in [0.717, 1.165) is 44.0 Å². The van der Waals surface area contributed by atoms with Gasteiger partial charge in [0.2, 0.25) is 0 Å². The van der Waals surface area contributed by atoms with Gasteiger partial charge in [0.1, 0.15) is 0 Å². The number of ether oxygens (including phenoxy) is 1. The molecular weight excluding hydrogens is 286 g/mol. The van der Waals surface area contributed by atoms with Gasteiger partial charge in [-0.3, -0.25) is 9.69 Å². The fourth-order valence-electron chi connectivity index (χ4n) is 3.02. The van der Waals surface area contributed by atoms with E-state index in [1.807, 2.05) is 48.5 Å². The summed E-state index contributed by atoms with van der Waals surface area (Å²) in [5.74, 6) is 0.489. The minimum absolute atomic E-state index is 0.0889. The lowest BCUT2D eigenvalue weighted by atomic mass is 9.95. The summed E-state index contributed by atoms with van der Waals surface area (Å²) < 4.78 is 5.40. The minimum atomic E-state index is 0.0889. The number of benzene rings is 2. The van der Waals surface area contributed by atoms with Crippen molar-refractivity contribution in [3.63, 3.8) is 0 Å². The van der Waals surface area contributed by atoms with E-state index in [1.54, 1.807) is 0 Å². The van der Waals surface area contributed by atoms with Crippen LogP contribution in [0.3, 0.4) is 0 Å². The standard InChI is InChI=1S/C20H23NO2/c1-16(15-21-10-12-23-13-11-21)18-8-5-9-19(14-18)20(22)17-6-3-2-4-7-17/h2-9,14,16H,10-13,15H2,1H3/t16-/m1/s1. The van der Waals surface area contributed by atoms with Gasteiger partial charge < -0.3 is 4.74 Å². The van der Waals surface area contributed by atoms with Gasteiger partial charge in [-0.05, 0) is 17.5 Å².